The normalized spacial score (nSPS) is 14.0. The zero-order valence-corrected chi connectivity index (χ0v) is 18.3. The zero-order valence-electron chi connectivity index (χ0n) is 18.3. The van der Waals surface area contributed by atoms with Crippen molar-refractivity contribution < 1.29 is 19.1 Å². The van der Waals surface area contributed by atoms with Crippen LogP contribution in [0.25, 0.3) is 5.65 Å². The highest BCUT2D eigenvalue weighted by atomic mass is 19.1. The van der Waals surface area contributed by atoms with Crippen molar-refractivity contribution in [2.45, 2.75) is 12.8 Å². The molecular weight excluding hydrogens is 429 g/mol. The molecule has 33 heavy (non-hydrogen) atoms. The van der Waals surface area contributed by atoms with Crippen molar-refractivity contribution >= 4 is 28.7 Å². The summed E-state index contributed by atoms with van der Waals surface area (Å²) in [4.78, 5) is 46.1. The number of pyridine rings is 1. The second-order valence-corrected chi connectivity index (χ2v) is 8.06. The highest BCUT2D eigenvalue weighted by Gasteiger charge is 2.26. The molecule has 0 radical (unpaired) electrons. The van der Waals surface area contributed by atoms with E-state index in [1.807, 2.05) is 0 Å². The van der Waals surface area contributed by atoms with E-state index in [0.29, 0.717) is 30.9 Å². The lowest BCUT2D eigenvalue weighted by molar-refractivity contribution is -0.118. The van der Waals surface area contributed by atoms with Gasteiger partial charge in [-0.05, 0) is 30.2 Å². The van der Waals surface area contributed by atoms with E-state index >= 15 is 0 Å². The number of carbonyl (C=O) groups excluding carboxylic acids is 2. The summed E-state index contributed by atoms with van der Waals surface area (Å²) in [7, 11) is 3.58. The Labute approximate surface area is 189 Å². The lowest BCUT2D eigenvalue weighted by atomic mass is 10.1. The third-order valence-corrected chi connectivity index (χ3v) is 5.58. The molecule has 3 aromatic rings. The van der Waals surface area contributed by atoms with Gasteiger partial charge in [-0.1, -0.05) is 12.1 Å². The van der Waals surface area contributed by atoms with E-state index in [9.17, 15) is 23.9 Å². The molecule has 2 aromatic heterocycles. The number of halogens is 1. The van der Waals surface area contributed by atoms with Gasteiger partial charge in [0.1, 0.15) is 5.82 Å². The van der Waals surface area contributed by atoms with Crippen LogP contribution in [-0.2, 0) is 11.2 Å². The van der Waals surface area contributed by atoms with Crippen LogP contribution < -0.4 is 20.7 Å². The maximum Gasteiger partial charge on any atom is 0.300 e. The van der Waals surface area contributed by atoms with Gasteiger partial charge in [0, 0.05) is 39.8 Å². The van der Waals surface area contributed by atoms with Crippen LogP contribution in [0.15, 0.2) is 41.3 Å². The number of benzene rings is 1. The van der Waals surface area contributed by atoms with Gasteiger partial charge in [0.05, 0.1) is 17.9 Å². The summed E-state index contributed by atoms with van der Waals surface area (Å²) in [6, 6.07) is 7.48. The van der Waals surface area contributed by atoms with E-state index in [1.54, 1.807) is 37.2 Å². The molecule has 1 aliphatic rings. The first-order valence-corrected chi connectivity index (χ1v) is 10.5. The summed E-state index contributed by atoms with van der Waals surface area (Å²) >= 11 is 0. The van der Waals surface area contributed by atoms with Crippen molar-refractivity contribution in [2.24, 2.45) is 0 Å². The number of aryl methyl sites for hydroxylation is 1. The molecule has 0 atom stereocenters. The molecule has 0 unspecified atom stereocenters. The molecule has 1 aliphatic heterocycles. The van der Waals surface area contributed by atoms with Crippen LogP contribution in [-0.4, -0.2) is 59.9 Å². The number of amides is 1. The highest BCUT2D eigenvalue weighted by Crippen LogP contribution is 2.28. The fraction of sp³-hybridized carbons (Fsp3) is 0.304. The molecule has 3 heterocycles. The van der Waals surface area contributed by atoms with Gasteiger partial charge in [0.2, 0.25) is 11.7 Å². The van der Waals surface area contributed by atoms with Crippen molar-refractivity contribution in [1.82, 2.24) is 14.7 Å². The first-order chi connectivity index (χ1) is 15.8. The van der Waals surface area contributed by atoms with Gasteiger partial charge in [-0.25, -0.2) is 9.37 Å². The SMILES string of the molecule is CN(C)c1cc(N2CCNCC2=O)c2nc(C(=O)CCc3ccc(F)cc3)c(O)c(=O)n2c1. The molecule has 1 fully saturated rings. The van der Waals surface area contributed by atoms with Crippen LogP contribution in [0.1, 0.15) is 22.5 Å². The molecule has 0 spiro atoms. The van der Waals surface area contributed by atoms with Crippen LogP contribution in [0.2, 0.25) is 0 Å². The van der Waals surface area contributed by atoms with Gasteiger partial charge < -0.3 is 20.2 Å². The maximum atomic E-state index is 13.1. The van der Waals surface area contributed by atoms with E-state index in [2.05, 4.69) is 10.3 Å². The van der Waals surface area contributed by atoms with E-state index < -0.39 is 17.1 Å². The Hall–Kier alpha value is -3.79. The Morgan fingerprint density at radius 2 is 1.97 bits per heavy atom. The second-order valence-electron chi connectivity index (χ2n) is 8.06. The van der Waals surface area contributed by atoms with Crippen molar-refractivity contribution in [3.05, 3.63) is 64.0 Å². The Balaban J connectivity index is 1.79. The second kappa shape index (κ2) is 8.99. The summed E-state index contributed by atoms with van der Waals surface area (Å²) in [5.74, 6) is -1.83. The number of nitrogens with one attached hydrogen (secondary N) is 1. The third-order valence-electron chi connectivity index (χ3n) is 5.58. The first kappa shape index (κ1) is 22.4. The van der Waals surface area contributed by atoms with Crippen LogP contribution >= 0.6 is 0 Å². The van der Waals surface area contributed by atoms with Gasteiger partial charge >= 0.3 is 5.56 Å². The smallest absolute Gasteiger partial charge is 0.300 e. The molecule has 4 rings (SSSR count). The molecular formula is C23H24FN5O4. The Kier molecular flexibility index (Phi) is 6.10. The largest absolute Gasteiger partial charge is 0.501 e. The summed E-state index contributed by atoms with van der Waals surface area (Å²) in [5.41, 5.74) is 0.731. The standard InChI is InChI=1S/C23H24FN5O4/c1-27(2)16-11-17(28-10-9-25-12-19(28)31)22-26-20(21(32)23(33)29(22)13-16)18(30)8-5-14-3-6-15(24)7-4-14/h3-4,6-7,11,13,25,32H,5,8-10,12H2,1-2H3. The van der Waals surface area contributed by atoms with Crippen molar-refractivity contribution in [2.75, 3.05) is 43.5 Å². The fourth-order valence-corrected chi connectivity index (χ4v) is 3.72. The predicted octanol–water partition coefficient (Wildman–Crippen LogP) is 1.36. The summed E-state index contributed by atoms with van der Waals surface area (Å²) in [5, 5.41) is 13.5. The van der Waals surface area contributed by atoms with Crippen molar-refractivity contribution in [1.29, 1.82) is 0 Å². The van der Waals surface area contributed by atoms with E-state index in [-0.39, 0.29) is 36.0 Å². The Morgan fingerprint density at radius 3 is 2.64 bits per heavy atom. The number of piperazine rings is 1. The van der Waals surface area contributed by atoms with Crippen LogP contribution in [0.3, 0.4) is 0 Å². The van der Waals surface area contributed by atoms with Crippen molar-refractivity contribution in [3.8, 4) is 5.75 Å². The van der Waals surface area contributed by atoms with Crippen LogP contribution in [0.5, 0.6) is 5.75 Å². The molecule has 0 bridgehead atoms. The lowest BCUT2D eigenvalue weighted by Crippen LogP contribution is -2.48. The Bertz CT molecular complexity index is 1290. The Morgan fingerprint density at radius 1 is 1.24 bits per heavy atom. The molecule has 1 saturated heterocycles. The number of aromatic hydroxyl groups is 1. The average Bonchev–Trinajstić information content (AvgIpc) is 2.80. The number of nitrogens with zero attached hydrogens (tertiary/aromatic N) is 4. The zero-order chi connectivity index (χ0) is 23.7. The first-order valence-electron chi connectivity index (χ1n) is 10.5. The third kappa shape index (κ3) is 4.42. The molecule has 2 N–H and O–H groups in total. The molecule has 9 nitrogen and oxygen atoms in total. The molecule has 172 valence electrons. The molecule has 1 amide bonds. The van der Waals surface area contributed by atoms with E-state index in [0.717, 1.165) is 9.96 Å². The number of rotatable bonds is 6. The van der Waals surface area contributed by atoms with Crippen LogP contribution in [0.4, 0.5) is 15.8 Å². The van der Waals surface area contributed by atoms with E-state index in [1.165, 1.54) is 23.2 Å². The van der Waals surface area contributed by atoms with Crippen LogP contribution in [0, 0.1) is 5.82 Å². The number of ketones is 1. The number of Topliss-reactive ketones (excluding diaryl/α,β-unsaturated/α-hetero) is 1. The van der Waals surface area contributed by atoms with Crippen molar-refractivity contribution in [3.63, 3.8) is 0 Å². The van der Waals surface area contributed by atoms with Gasteiger partial charge in [0.25, 0.3) is 0 Å². The summed E-state index contributed by atoms with van der Waals surface area (Å²) in [6.45, 7) is 1.08. The summed E-state index contributed by atoms with van der Waals surface area (Å²) in [6.07, 6.45) is 1.77. The maximum absolute atomic E-state index is 13.1. The molecule has 1 aromatic carbocycles. The minimum Gasteiger partial charge on any atom is -0.501 e. The number of carbonyl (C=O) groups is 2. The van der Waals surface area contributed by atoms with E-state index in [4.69, 9.17) is 0 Å². The quantitative estimate of drug-likeness (QED) is 0.543. The highest BCUT2D eigenvalue weighted by molar-refractivity contribution is 6.01. The summed E-state index contributed by atoms with van der Waals surface area (Å²) < 4.78 is 14.3. The van der Waals surface area contributed by atoms with Gasteiger partial charge in [0.15, 0.2) is 17.1 Å². The average molecular weight is 453 g/mol. The van der Waals surface area contributed by atoms with Gasteiger partial charge in [-0.2, -0.15) is 0 Å². The van der Waals surface area contributed by atoms with Gasteiger partial charge in [-0.3, -0.25) is 18.8 Å². The number of fused-ring (bicyclic) bond motifs is 1. The lowest BCUT2D eigenvalue weighted by Gasteiger charge is -2.29. The topological polar surface area (TPSA) is 107 Å². The molecule has 0 aliphatic carbocycles. The number of hydrogen-bond donors (Lipinski definition) is 2. The minimum absolute atomic E-state index is 0.0283. The monoisotopic (exact) mass is 453 g/mol. The number of hydrogen-bond acceptors (Lipinski definition) is 7. The minimum atomic E-state index is -0.794. The van der Waals surface area contributed by atoms with Gasteiger partial charge in [-0.15, -0.1) is 0 Å². The molecule has 10 heteroatoms. The number of anilines is 2. The fourth-order valence-electron chi connectivity index (χ4n) is 3.72. The number of aromatic nitrogens is 2. The predicted molar refractivity (Wildman–Crippen MR) is 122 cm³/mol. The molecule has 0 saturated carbocycles.